The zero-order valence-corrected chi connectivity index (χ0v) is 22.1. The van der Waals surface area contributed by atoms with Crippen LogP contribution in [0.5, 0.6) is 17.2 Å². The summed E-state index contributed by atoms with van der Waals surface area (Å²) in [5.41, 5.74) is 2.41. The quantitative estimate of drug-likeness (QED) is 0.205. The summed E-state index contributed by atoms with van der Waals surface area (Å²) in [5, 5.41) is 13.9. The highest BCUT2D eigenvalue weighted by atomic mass is 19.1. The molecule has 3 heterocycles. The Bertz CT molecular complexity index is 1660. The second-order valence-corrected chi connectivity index (χ2v) is 9.18. The van der Waals surface area contributed by atoms with Crippen LogP contribution in [0, 0.1) is 5.92 Å². The summed E-state index contributed by atoms with van der Waals surface area (Å²) < 4.78 is 26.8. The number of aromatic amines is 1. The number of alkyl halides is 1. The molecule has 40 heavy (non-hydrogen) atoms. The minimum Gasteiger partial charge on any atom is -0.460 e. The largest absolute Gasteiger partial charge is 0.460 e. The van der Waals surface area contributed by atoms with Crippen molar-refractivity contribution < 1.29 is 23.5 Å². The lowest BCUT2D eigenvalue weighted by Crippen LogP contribution is -2.12. The van der Waals surface area contributed by atoms with Crippen LogP contribution >= 0.6 is 0 Å². The molecule has 2 atom stereocenters. The van der Waals surface area contributed by atoms with Gasteiger partial charge in [-0.1, -0.05) is 13.8 Å². The van der Waals surface area contributed by atoms with Gasteiger partial charge in [-0.3, -0.25) is 14.7 Å². The van der Waals surface area contributed by atoms with Crippen LogP contribution in [0.1, 0.15) is 47.9 Å². The Hall–Kier alpha value is -5.06. The number of carbonyl (C=O) groups is 2. The number of H-pyrrole nitrogens is 1. The lowest BCUT2D eigenvalue weighted by atomic mass is 9.97. The molecule has 0 radical (unpaired) electrons. The molecule has 2 aromatic carbocycles. The Kier molecular flexibility index (Phi) is 7.54. The molecule has 5 aromatic rings. The van der Waals surface area contributed by atoms with E-state index < -0.39 is 12.3 Å². The second-order valence-electron chi connectivity index (χ2n) is 9.18. The molecule has 0 saturated heterocycles. The highest BCUT2D eigenvalue weighted by Gasteiger charge is 2.20. The fourth-order valence-corrected chi connectivity index (χ4v) is 4.10. The number of aromatic nitrogens is 5. The number of ketones is 1. The first-order chi connectivity index (χ1) is 19.3. The van der Waals surface area contributed by atoms with Gasteiger partial charge in [-0.15, -0.1) is 0 Å². The molecule has 0 saturated carbocycles. The van der Waals surface area contributed by atoms with Crippen molar-refractivity contribution >= 4 is 23.0 Å². The van der Waals surface area contributed by atoms with Crippen LogP contribution in [0.2, 0.25) is 0 Å². The van der Waals surface area contributed by atoms with Gasteiger partial charge in [0.25, 0.3) is 5.91 Å². The van der Waals surface area contributed by atoms with Crippen molar-refractivity contribution in [1.82, 2.24) is 24.8 Å². The predicted octanol–water partition coefficient (Wildman–Crippen LogP) is 6.09. The van der Waals surface area contributed by atoms with Gasteiger partial charge in [-0.05, 0) is 55.0 Å². The van der Waals surface area contributed by atoms with Gasteiger partial charge < -0.3 is 14.8 Å². The number of anilines is 1. The molecule has 11 heteroatoms. The first-order valence-electron chi connectivity index (χ1n) is 12.7. The Morgan fingerprint density at radius 3 is 2.62 bits per heavy atom. The molecule has 3 aromatic heterocycles. The summed E-state index contributed by atoms with van der Waals surface area (Å²) in [7, 11) is 0. The van der Waals surface area contributed by atoms with Crippen molar-refractivity contribution in [2.45, 2.75) is 33.5 Å². The van der Waals surface area contributed by atoms with Gasteiger partial charge in [0.05, 0.1) is 23.8 Å². The van der Waals surface area contributed by atoms with E-state index in [-0.39, 0.29) is 23.0 Å². The first kappa shape index (κ1) is 26.5. The van der Waals surface area contributed by atoms with Crippen LogP contribution in [0.15, 0.2) is 73.3 Å². The molecule has 204 valence electrons. The molecule has 5 rings (SSSR count). The van der Waals surface area contributed by atoms with Crippen LogP contribution in [0.25, 0.3) is 16.9 Å². The fraction of sp³-hybridized carbons (Fsp3) is 0.207. The Morgan fingerprint density at radius 1 is 1.10 bits per heavy atom. The summed E-state index contributed by atoms with van der Waals surface area (Å²) >= 11 is 0. The number of benzene rings is 2. The topological polar surface area (TPSA) is 124 Å². The molecule has 10 nitrogen and oxygen atoms in total. The Morgan fingerprint density at radius 2 is 1.88 bits per heavy atom. The number of carbonyl (C=O) groups excluding carboxylic acids is 2. The van der Waals surface area contributed by atoms with E-state index in [9.17, 15) is 14.0 Å². The zero-order chi connectivity index (χ0) is 28.2. The number of nitrogens with zero attached hydrogens (tertiary/aromatic N) is 4. The SMILES string of the molecule is CCC(C)C(=O)c1ccc(Oc2ccc(OC(C)F)c(-c3[nH]ncc3NC(=O)c3cnn4cccnc34)c2)cc1. The molecule has 0 aliphatic carbocycles. The number of fused-ring (bicyclic) bond motifs is 1. The van der Waals surface area contributed by atoms with E-state index in [1.54, 1.807) is 60.9 Å². The molecule has 0 bridgehead atoms. The number of halogens is 1. The van der Waals surface area contributed by atoms with Gasteiger partial charge in [-0.25, -0.2) is 13.9 Å². The van der Waals surface area contributed by atoms with Gasteiger partial charge in [0.2, 0.25) is 6.36 Å². The van der Waals surface area contributed by atoms with Crippen molar-refractivity contribution in [3.8, 4) is 28.5 Å². The molecule has 2 unspecified atom stereocenters. The van der Waals surface area contributed by atoms with Crippen LogP contribution in [-0.2, 0) is 0 Å². The van der Waals surface area contributed by atoms with Gasteiger partial charge in [0.1, 0.15) is 22.8 Å². The van der Waals surface area contributed by atoms with E-state index in [2.05, 4.69) is 25.6 Å². The maximum absolute atomic E-state index is 13.9. The van der Waals surface area contributed by atoms with E-state index in [0.29, 0.717) is 39.7 Å². The minimum absolute atomic E-state index is 0.0621. The maximum atomic E-state index is 13.9. The zero-order valence-electron chi connectivity index (χ0n) is 22.1. The second kappa shape index (κ2) is 11.4. The number of hydrogen-bond donors (Lipinski definition) is 2. The molecule has 0 spiro atoms. The van der Waals surface area contributed by atoms with E-state index in [0.717, 1.165) is 6.42 Å². The highest BCUT2D eigenvalue weighted by molar-refractivity contribution is 6.09. The summed E-state index contributed by atoms with van der Waals surface area (Å²) in [6.07, 6.45) is 5.29. The molecular weight excluding hydrogens is 515 g/mol. The third-order valence-corrected chi connectivity index (χ3v) is 6.36. The van der Waals surface area contributed by atoms with Crippen molar-refractivity contribution in [2.24, 2.45) is 5.92 Å². The lowest BCUT2D eigenvalue weighted by molar-refractivity contribution is 0.0865. The van der Waals surface area contributed by atoms with Crippen molar-refractivity contribution in [3.63, 3.8) is 0 Å². The number of amides is 1. The molecular formula is C29H27FN6O4. The van der Waals surface area contributed by atoms with Crippen molar-refractivity contribution in [1.29, 1.82) is 0 Å². The fourth-order valence-electron chi connectivity index (χ4n) is 4.10. The minimum atomic E-state index is -1.59. The average Bonchev–Trinajstić information content (AvgIpc) is 3.60. The van der Waals surface area contributed by atoms with Gasteiger partial charge in [0.15, 0.2) is 11.4 Å². The summed E-state index contributed by atoms with van der Waals surface area (Å²) in [4.78, 5) is 29.8. The molecule has 1 amide bonds. The summed E-state index contributed by atoms with van der Waals surface area (Å²) in [6, 6.07) is 13.5. The standard InChI is InChI=1S/C29H27FN6O4/c1-4-17(2)27(37)19-6-8-20(9-7-19)40-21-10-11-25(39-18(3)30)22(14-21)26-24(16-32-35-26)34-29(38)23-15-33-36-13-5-12-31-28(23)36/h5-18H,4H2,1-3H3,(H,32,35)(H,34,38). The lowest BCUT2D eigenvalue weighted by Gasteiger charge is -2.15. The molecule has 0 aliphatic heterocycles. The summed E-state index contributed by atoms with van der Waals surface area (Å²) in [5.74, 6) is 0.720. The Balaban J connectivity index is 1.43. The van der Waals surface area contributed by atoms with Crippen molar-refractivity contribution in [3.05, 3.63) is 84.4 Å². The van der Waals surface area contributed by atoms with Crippen LogP contribution < -0.4 is 14.8 Å². The highest BCUT2D eigenvalue weighted by Crippen LogP contribution is 2.38. The number of Topliss-reactive ketones (excluding diaryl/α,β-unsaturated/α-hetero) is 1. The van der Waals surface area contributed by atoms with E-state index in [1.807, 2.05) is 13.8 Å². The summed E-state index contributed by atoms with van der Waals surface area (Å²) in [6.45, 7) is 5.14. The van der Waals surface area contributed by atoms with Gasteiger partial charge >= 0.3 is 0 Å². The van der Waals surface area contributed by atoms with Gasteiger partial charge in [-0.2, -0.15) is 10.2 Å². The van der Waals surface area contributed by atoms with E-state index in [4.69, 9.17) is 9.47 Å². The van der Waals surface area contributed by atoms with Crippen molar-refractivity contribution in [2.75, 3.05) is 5.32 Å². The predicted molar refractivity (Wildman–Crippen MR) is 146 cm³/mol. The van der Waals surface area contributed by atoms with Gasteiger partial charge in [0, 0.05) is 36.4 Å². The molecule has 2 N–H and O–H groups in total. The molecule has 0 fully saturated rings. The van der Waals surface area contributed by atoms with E-state index in [1.165, 1.54) is 23.8 Å². The van der Waals surface area contributed by atoms with Crippen LogP contribution in [0.4, 0.5) is 10.1 Å². The third-order valence-electron chi connectivity index (χ3n) is 6.36. The number of hydrogen-bond acceptors (Lipinski definition) is 7. The average molecular weight is 543 g/mol. The normalized spacial score (nSPS) is 12.6. The smallest absolute Gasteiger partial charge is 0.261 e. The Labute approximate surface area is 229 Å². The van der Waals surface area contributed by atoms with E-state index >= 15 is 0 Å². The van der Waals surface area contributed by atoms with Crippen LogP contribution in [0.3, 0.4) is 0 Å². The maximum Gasteiger partial charge on any atom is 0.261 e. The first-order valence-corrected chi connectivity index (χ1v) is 12.7. The number of rotatable bonds is 10. The monoisotopic (exact) mass is 542 g/mol. The third kappa shape index (κ3) is 5.53. The number of nitrogens with one attached hydrogen (secondary N) is 2. The van der Waals surface area contributed by atoms with Crippen LogP contribution in [-0.4, -0.2) is 42.8 Å². The number of ether oxygens (including phenoxy) is 2. The molecule has 0 aliphatic rings.